The molecule has 0 radical (unpaired) electrons. The Labute approximate surface area is 108 Å². The van der Waals surface area contributed by atoms with Gasteiger partial charge < -0.3 is 5.11 Å². The number of benzene rings is 2. The van der Waals surface area contributed by atoms with Crippen molar-refractivity contribution < 1.29 is 9.90 Å². The highest BCUT2D eigenvalue weighted by Crippen LogP contribution is 2.33. The second-order valence-corrected chi connectivity index (χ2v) is 4.30. The van der Waals surface area contributed by atoms with Gasteiger partial charge in [0.2, 0.25) is 0 Å². The van der Waals surface area contributed by atoms with E-state index in [9.17, 15) is 4.79 Å². The molecule has 0 heterocycles. The lowest BCUT2D eigenvalue weighted by Crippen LogP contribution is -1.98. The van der Waals surface area contributed by atoms with Crippen molar-refractivity contribution in [2.75, 3.05) is 0 Å². The summed E-state index contributed by atoms with van der Waals surface area (Å²) in [5, 5.41) is 9.57. The number of halogens is 2. The van der Waals surface area contributed by atoms with Crippen molar-refractivity contribution in [2.45, 2.75) is 0 Å². The van der Waals surface area contributed by atoms with Crippen molar-refractivity contribution >= 4 is 29.2 Å². The van der Waals surface area contributed by atoms with Gasteiger partial charge in [-0.3, -0.25) is 0 Å². The number of aromatic carboxylic acids is 1. The summed E-state index contributed by atoms with van der Waals surface area (Å²) in [5.41, 5.74) is 1.47. The van der Waals surface area contributed by atoms with Crippen LogP contribution in [0.5, 0.6) is 0 Å². The topological polar surface area (TPSA) is 37.3 Å². The summed E-state index contributed by atoms with van der Waals surface area (Å²) in [4.78, 5) is 11.0. The maximum absolute atomic E-state index is 11.0. The quantitative estimate of drug-likeness (QED) is 0.877. The molecule has 86 valence electrons. The van der Waals surface area contributed by atoms with Gasteiger partial charge in [0.1, 0.15) is 0 Å². The van der Waals surface area contributed by atoms with Crippen molar-refractivity contribution in [1.82, 2.24) is 0 Å². The Hall–Kier alpha value is -1.51. The minimum atomic E-state index is -1.09. The first-order chi connectivity index (χ1) is 8.09. The van der Waals surface area contributed by atoms with E-state index in [0.29, 0.717) is 10.6 Å². The van der Waals surface area contributed by atoms with Crippen LogP contribution in [0, 0.1) is 0 Å². The fourth-order valence-corrected chi connectivity index (χ4v) is 2.09. The monoisotopic (exact) mass is 266 g/mol. The molecule has 0 saturated heterocycles. The van der Waals surface area contributed by atoms with E-state index in [4.69, 9.17) is 28.3 Å². The third kappa shape index (κ3) is 2.43. The Kier molecular flexibility index (Phi) is 3.36. The highest BCUT2D eigenvalue weighted by molar-refractivity contribution is 6.38. The van der Waals surface area contributed by atoms with Crippen LogP contribution in [0.1, 0.15) is 10.4 Å². The van der Waals surface area contributed by atoms with Gasteiger partial charge in [-0.1, -0.05) is 53.5 Å². The third-order valence-electron chi connectivity index (χ3n) is 2.35. The first-order valence-corrected chi connectivity index (χ1v) is 5.63. The molecule has 0 saturated carbocycles. The molecule has 2 aromatic rings. The lowest BCUT2D eigenvalue weighted by Gasteiger charge is -2.08. The van der Waals surface area contributed by atoms with Crippen LogP contribution in [0.25, 0.3) is 11.1 Å². The van der Waals surface area contributed by atoms with Gasteiger partial charge >= 0.3 is 5.97 Å². The zero-order valence-corrected chi connectivity index (χ0v) is 10.2. The molecule has 0 unspecified atom stereocenters. The van der Waals surface area contributed by atoms with E-state index in [-0.39, 0.29) is 10.6 Å². The summed E-state index contributed by atoms with van der Waals surface area (Å²) in [6.45, 7) is 0. The standard InChI is InChI=1S/C13H8Cl2O2/c14-9-6-10(8-4-2-1-3-5-8)12(15)11(7-9)13(16)17/h1-7H,(H,16,17). The molecule has 0 spiro atoms. The highest BCUT2D eigenvalue weighted by Gasteiger charge is 2.15. The molecule has 0 atom stereocenters. The maximum atomic E-state index is 11.0. The summed E-state index contributed by atoms with van der Waals surface area (Å²) in [6, 6.07) is 12.3. The van der Waals surface area contributed by atoms with Gasteiger partial charge in [-0.15, -0.1) is 0 Å². The first-order valence-electron chi connectivity index (χ1n) is 4.87. The molecule has 0 bridgehead atoms. The molecule has 0 aliphatic carbocycles. The number of carboxylic acid groups (broad SMARTS) is 1. The summed E-state index contributed by atoms with van der Waals surface area (Å²) >= 11 is 12.0. The highest BCUT2D eigenvalue weighted by atomic mass is 35.5. The van der Waals surface area contributed by atoms with Crippen molar-refractivity contribution in [1.29, 1.82) is 0 Å². The summed E-state index contributed by atoms with van der Waals surface area (Å²) in [5.74, 6) is -1.09. The van der Waals surface area contributed by atoms with Crippen LogP contribution < -0.4 is 0 Å². The second-order valence-electron chi connectivity index (χ2n) is 3.49. The largest absolute Gasteiger partial charge is 0.478 e. The smallest absolute Gasteiger partial charge is 0.337 e. The van der Waals surface area contributed by atoms with Crippen molar-refractivity contribution in [3.63, 3.8) is 0 Å². The zero-order chi connectivity index (χ0) is 12.4. The lowest BCUT2D eigenvalue weighted by molar-refractivity contribution is 0.0697. The predicted octanol–water partition coefficient (Wildman–Crippen LogP) is 4.36. The van der Waals surface area contributed by atoms with Crippen LogP contribution in [-0.2, 0) is 0 Å². The molecule has 2 aromatic carbocycles. The molecule has 0 aliphatic rings. The molecule has 2 rings (SSSR count). The predicted molar refractivity (Wildman–Crippen MR) is 68.9 cm³/mol. The molecule has 1 N–H and O–H groups in total. The average molecular weight is 267 g/mol. The molecule has 4 heteroatoms. The van der Waals surface area contributed by atoms with E-state index < -0.39 is 5.97 Å². The van der Waals surface area contributed by atoms with Crippen LogP contribution in [-0.4, -0.2) is 11.1 Å². The normalized spacial score (nSPS) is 10.2. The Balaban J connectivity index is 2.67. The average Bonchev–Trinajstić information content (AvgIpc) is 2.32. The minimum absolute atomic E-state index is 0.0121. The molecular weight excluding hydrogens is 259 g/mol. The van der Waals surface area contributed by atoms with Gasteiger partial charge in [0, 0.05) is 10.6 Å². The first kappa shape index (κ1) is 12.0. The fraction of sp³-hybridized carbons (Fsp3) is 0. The van der Waals surface area contributed by atoms with Gasteiger partial charge in [0.25, 0.3) is 0 Å². The maximum Gasteiger partial charge on any atom is 0.337 e. The van der Waals surface area contributed by atoms with Crippen LogP contribution >= 0.6 is 23.2 Å². The Morgan fingerprint density at radius 3 is 2.29 bits per heavy atom. The van der Waals surface area contributed by atoms with Gasteiger partial charge in [0.05, 0.1) is 10.6 Å². The summed E-state index contributed by atoms with van der Waals surface area (Å²) in [6.07, 6.45) is 0. The van der Waals surface area contributed by atoms with Crippen LogP contribution in [0.3, 0.4) is 0 Å². The zero-order valence-electron chi connectivity index (χ0n) is 8.65. The van der Waals surface area contributed by atoms with E-state index >= 15 is 0 Å². The molecule has 0 fully saturated rings. The van der Waals surface area contributed by atoms with Crippen molar-refractivity contribution in [3.05, 3.63) is 58.1 Å². The van der Waals surface area contributed by atoms with Crippen molar-refractivity contribution in [2.24, 2.45) is 0 Å². The number of hydrogen-bond acceptors (Lipinski definition) is 1. The summed E-state index contributed by atoms with van der Waals surface area (Å²) < 4.78 is 0. The van der Waals surface area contributed by atoms with Crippen LogP contribution in [0.2, 0.25) is 10.0 Å². The number of carbonyl (C=O) groups is 1. The fourth-order valence-electron chi connectivity index (χ4n) is 1.57. The Morgan fingerprint density at radius 2 is 1.71 bits per heavy atom. The SMILES string of the molecule is O=C(O)c1cc(Cl)cc(-c2ccccc2)c1Cl. The van der Waals surface area contributed by atoms with Gasteiger partial charge in [-0.05, 0) is 17.7 Å². The second kappa shape index (κ2) is 4.78. The van der Waals surface area contributed by atoms with Crippen LogP contribution in [0.4, 0.5) is 0 Å². The van der Waals surface area contributed by atoms with E-state index in [1.54, 1.807) is 6.07 Å². The van der Waals surface area contributed by atoms with E-state index in [2.05, 4.69) is 0 Å². The number of hydrogen-bond donors (Lipinski definition) is 1. The van der Waals surface area contributed by atoms with Gasteiger partial charge in [0.15, 0.2) is 0 Å². The number of carboxylic acids is 1. The van der Waals surface area contributed by atoms with Crippen LogP contribution in [0.15, 0.2) is 42.5 Å². The molecule has 0 aromatic heterocycles. The van der Waals surface area contributed by atoms with Gasteiger partial charge in [-0.2, -0.15) is 0 Å². The van der Waals surface area contributed by atoms with E-state index in [1.165, 1.54) is 6.07 Å². The molecule has 0 amide bonds. The summed E-state index contributed by atoms with van der Waals surface area (Å²) in [7, 11) is 0. The Morgan fingerprint density at radius 1 is 1.06 bits per heavy atom. The van der Waals surface area contributed by atoms with E-state index in [0.717, 1.165) is 5.56 Å². The van der Waals surface area contributed by atoms with E-state index in [1.807, 2.05) is 30.3 Å². The Bertz CT molecular complexity index is 565. The van der Waals surface area contributed by atoms with Gasteiger partial charge in [-0.25, -0.2) is 4.79 Å². The van der Waals surface area contributed by atoms with Crippen molar-refractivity contribution in [3.8, 4) is 11.1 Å². The third-order valence-corrected chi connectivity index (χ3v) is 2.98. The minimum Gasteiger partial charge on any atom is -0.478 e. The lowest BCUT2D eigenvalue weighted by atomic mass is 10.0. The molecule has 17 heavy (non-hydrogen) atoms. The molecule has 0 aliphatic heterocycles. The number of rotatable bonds is 2. The molecular formula is C13H8Cl2O2. The molecule has 2 nitrogen and oxygen atoms in total.